The molecule has 0 atom stereocenters. The average Bonchev–Trinajstić information content (AvgIpc) is 2.97. The predicted octanol–water partition coefficient (Wildman–Crippen LogP) is 9.36. The Morgan fingerprint density at radius 2 is 1.29 bits per heavy atom. The summed E-state index contributed by atoms with van der Waals surface area (Å²) in [5.74, 6) is 3.96. The molecule has 1 heterocycles. The fraction of sp³-hybridized carbons (Fsp3) is 0.676. The summed E-state index contributed by atoms with van der Waals surface area (Å²) in [6.45, 7) is 4.55. The van der Waals surface area contributed by atoms with Crippen molar-refractivity contribution in [3.63, 3.8) is 0 Å². The van der Waals surface area contributed by atoms with Gasteiger partial charge in [0.05, 0.1) is 5.92 Å². The van der Waals surface area contributed by atoms with Gasteiger partial charge in [-0.3, -0.25) is 4.79 Å². The summed E-state index contributed by atoms with van der Waals surface area (Å²) in [6.07, 6.45) is 25.6. The summed E-state index contributed by atoms with van der Waals surface area (Å²) < 4.78 is 5.73. The van der Waals surface area contributed by atoms with E-state index in [1.54, 1.807) is 0 Å². The third-order valence-electron chi connectivity index (χ3n) is 9.21. The minimum atomic E-state index is -0.0696. The van der Waals surface area contributed by atoms with Crippen LogP contribution in [0, 0.1) is 23.7 Å². The Kier molecular flexibility index (Phi) is 11.6. The van der Waals surface area contributed by atoms with E-state index in [9.17, 15) is 4.79 Å². The molecular weight excluding hydrogens is 468 g/mol. The minimum Gasteiger partial charge on any atom is -0.426 e. The molecule has 0 unspecified atom stereocenters. The molecule has 2 fully saturated rings. The highest BCUT2D eigenvalue weighted by Gasteiger charge is 2.27. The van der Waals surface area contributed by atoms with E-state index in [2.05, 4.69) is 23.8 Å². The van der Waals surface area contributed by atoms with Gasteiger partial charge in [0.1, 0.15) is 5.75 Å². The lowest BCUT2D eigenvalue weighted by atomic mass is 9.78. The number of carbonyl (C=O) groups is 1. The number of benzene rings is 1. The van der Waals surface area contributed by atoms with Gasteiger partial charge < -0.3 is 4.74 Å². The summed E-state index contributed by atoms with van der Waals surface area (Å²) in [5.41, 5.74) is 2.18. The third-order valence-corrected chi connectivity index (χ3v) is 9.21. The summed E-state index contributed by atoms with van der Waals surface area (Å²) in [4.78, 5) is 22.0. The lowest BCUT2D eigenvalue weighted by Crippen LogP contribution is -2.25. The van der Waals surface area contributed by atoms with Crippen LogP contribution in [-0.4, -0.2) is 15.9 Å². The van der Waals surface area contributed by atoms with Crippen LogP contribution in [0.5, 0.6) is 5.75 Å². The number of hydrogen-bond donors (Lipinski definition) is 0. The Morgan fingerprint density at radius 1 is 0.737 bits per heavy atom. The molecule has 208 valence electrons. The van der Waals surface area contributed by atoms with Gasteiger partial charge in [-0.25, -0.2) is 9.97 Å². The maximum Gasteiger partial charge on any atom is 0.314 e. The first kappa shape index (κ1) is 28.8. The van der Waals surface area contributed by atoms with Crippen molar-refractivity contribution < 1.29 is 9.53 Å². The van der Waals surface area contributed by atoms with Crippen LogP contribution in [0.3, 0.4) is 0 Å². The van der Waals surface area contributed by atoms with Crippen LogP contribution in [0.25, 0.3) is 11.4 Å². The van der Waals surface area contributed by atoms with Crippen molar-refractivity contribution in [3.8, 4) is 17.1 Å². The van der Waals surface area contributed by atoms with Crippen LogP contribution in [-0.2, 0) is 11.2 Å². The molecule has 4 heteroatoms. The normalized spacial score (nSPS) is 23.7. The van der Waals surface area contributed by atoms with E-state index in [4.69, 9.17) is 4.74 Å². The van der Waals surface area contributed by atoms with Crippen LogP contribution in [0.2, 0.25) is 0 Å². The van der Waals surface area contributed by atoms with Crippen LogP contribution in [0.4, 0.5) is 0 Å². The summed E-state index contributed by atoms with van der Waals surface area (Å²) in [5, 5.41) is 0. The van der Waals surface area contributed by atoms with E-state index in [0.717, 1.165) is 61.2 Å². The monoisotopic (exact) mass is 518 g/mol. The number of aryl methyl sites for hydroxylation is 1. The number of hydrogen-bond acceptors (Lipinski definition) is 4. The zero-order chi connectivity index (χ0) is 26.6. The summed E-state index contributed by atoms with van der Waals surface area (Å²) in [7, 11) is 0. The minimum absolute atomic E-state index is 0.0454. The predicted molar refractivity (Wildman–Crippen MR) is 156 cm³/mol. The fourth-order valence-corrected chi connectivity index (χ4v) is 6.55. The first-order valence-corrected chi connectivity index (χ1v) is 15.8. The summed E-state index contributed by atoms with van der Waals surface area (Å²) >= 11 is 0. The molecule has 0 amide bonds. The lowest BCUT2D eigenvalue weighted by molar-refractivity contribution is -0.140. The van der Waals surface area contributed by atoms with Gasteiger partial charge in [0.2, 0.25) is 0 Å². The molecular formula is C34H50N2O2. The first-order valence-electron chi connectivity index (χ1n) is 15.8. The van der Waals surface area contributed by atoms with Gasteiger partial charge in [-0.15, -0.1) is 0 Å². The molecule has 0 bridgehead atoms. The molecule has 38 heavy (non-hydrogen) atoms. The molecule has 0 aliphatic heterocycles. The molecule has 2 aliphatic carbocycles. The maximum atomic E-state index is 12.7. The van der Waals surface area contributed by atoms with Crippen LogP contribution in [0.1, 0.15) is 122 Å². The average molecular weight is 519 g/mol. The molecule has 4 rings (SSSR count). The molecule has 2 aromatic rings. The number of esters is 1. The van der Waals surface area contributed by atoms with Crippen molar-refractivity contribution in [2.24, 2.45) is 23.7 Å². The number of carbonyl (C=O) groups excluding carboxylic acids is 1. The third kappa shape index (κ3) is 8.92. The van der Waals surface area contributed by atoms with Crippen LogP contribution >= 0.6 is 0 Å². The number of nitrogens with zero attached hydrogens (tertiary/aromatic N) is 2. The Hall–Kier alpha value is -2.23. The van der Waals surface area contributed by atoms with Crippen molar-refractivity contribution in [3.05, 3.63) is 42.2 Å². The van der Waals surface area contributed by atoms with Crippen LogP contribution < -0.4 is 4.74 Å². The molecule has 1 aromatic heterocycles. The second-order valence-corrected chi connectivity index (χ2v) is 12.1. The van der Waals surface area contributed by atoms with Gasteiger partial charge >= 0.3 is 5.97 Å². The van der Waals surface area contributed by atoms with Gasteiger partial charge in [-0.2, -0.15) is 0 Å². The molecule has 2 aliphatic rings. The van der Waals surface area contributed by atoms with E-state index in [-0.39, 0.29) is 11.9 Å². The zero-order valence-electron chi connectivity index (χ0n) is 24.0. The van der Waals surface area contributed by atoms with Gasteiger partial charge in [-0.1, -0.05) is 84.5 Å². The molecule has 0 spiro atoms. The number of aromatic nitrogens is 2. The standard InChI is InChI=1S/C34H50N2O2/c1-3-5-7-9-27-16-18-31(19-17-27)34(37)38-32-22-20-30(21-23-32)33-35-24-29(25-36-33)15-14-28-12-10-26(11-13-28)8-6-4-2/h20-28,31H,3-19H2,1-2H3. The van der Waals surface area contributed by atoms with E-state index in [1.807, 2.05) is 36.7 Å². The molecule has 1 aromatic carbocycles. The molecule has 2 saturated carbocycles. The Morgan fingerprint density at radius 3 is 1.89 bits per heavy atom. The highest BCUT2D eigenvalue weighted by molar-refractivity contribution is 5.75. The van der Waals surface area contributed by atoms with Crippen molar-refractivity contribution in [2.45, 2.75) is 123 Å². The SMILES string of the molecule is CCCCCC1CCC(C(=O)Oc2ccc(-c3ncc(CCC4CCC(CCCC)CC4)cn3)cc2)CC1. The molecule has 4 nitrogen and oxygen atoms in total. The molecule has 0 radical (unpaired) electrons. The van der Waals surface area contributed by atoms with Crippen molar-refractivity contribution >= 4 is 5.97 Å². The Balaban J connectivity index is 1.18. The van der Waals surface area contributed by atoms with E-state index in [1.165, 1.54) is 82.6 Å². The van der Waals surface area contributed by atoms with E-state index >= 15 is 0 Å². The molecule has 0 N–H and O–H groups in total. The zero-order valence-corrected chi connectivity index (χ0v) is 24.0. The second-order valence-electron chi connectivity index (χ2n) is 12.1. The molecule has 0 saturated heterocycles. The smallest absolute Gasteiger partial charge is 0.314 e. The number of rotatable bonds is 13. The fourth-order valence-electron chi connectivity index (χ4n) is 6.55. The maximum absolute atomic E-state index is 12.7. The van der Waals surface area contributed by atoms with Crippen LogP contribution in [0.15, 0.2) is 36.7 Å². The highest BCUT2D eigenvalue weighted by atomic mass is 16.5. The summed E-state index contributed by atoms with van der Waals surface area (Å²) in [6, 6.07) is 7.66. The van der Waals surface area contributed by atoms with Gasteiger partial charge in [0.15, 0.2) is 5.82 Å². The number of unbranched alkanes of at least 4 members (excludes halogenated alkanes) is 3. The first-order chi connectivity index (χ1) is 18.6. The van der Waals surface area contributed by atoms with Crippen molar-refractivity contribution in [1.82, 2.24) is 9.97 Å². The second kappa shape index (κ2) is 15.4. The van der Waals surface area contributed by atoms with Gasteiger partial charge in [0, 0.05) is 18.0 Å². The van der Waals surface area contributed by atoms with E-state index < -0.39 is 0 Å². The van der Waals surface area contributed by atoms with E-state index in [0.29, 0.717) is 5.75 Å². The van der Waals surface area contributed by atoms with Crippen molar-refractivity contribution in [1.29, 1.82) is 0 Å². The number of ether oxygens (including phenoxy) is 1. The van der Waals surface area contributed by atoms with Crippen molar-refractivity contribution in [2.75, 3.05) is 0 Å². The Labute approximate surface area is 231 Å². The quantitative estimate of drug-likeness (QED) is 0.151. The lowest BCUT2D eigenvalue weighted by Gasteiger charge is -2.28. The largest absolute Gasteiger partial charge is 0.426 e. The van der Waals surface area contributed by atoms with Gasteiger partial charge in [-0.05, 0) is 86.1 Å². The van der Waals surface area contributed by atoms with Gasteiger partial charge in [0.25, 0.3) is 0 Å². The Bertz CT molecular complexity index is 939. The highest BCUT2D eigenvalue weighted by Crippen LogP contribution is 2.35. The topological polar surface area (TPSA) is 52.1 Å².